The van der Waals surface area contributed by atoms with Crippen LogP contribution < -0.4 is 10.1 Å². The largest absolute Gasteiger partial charge is 0.494 e. The molecule has 5 heteroatoms. The van der Waals surface area contributed by atoms with Crippen LogP contribution in [-0.4, -0.2) is 18.3 Å². The lowest BCUT2D eigenvalue weighted by Crippen LogP contribution is -2.28. The van der Waals surface area contributed by atoms with Gasteiger partial charge in [0.2, 0.25) is 5.91 Å². The normalized spacial score (nSPS) is 11.8. The van der Waals surface area contributed by atoms with Crippen LogP contribution in [0.2, 0.25) is 5.02 Å². The van der Waals surface area contributed by atoms with Crippen molar-refractivity contribution in [2.24, 2.45) is 0 Å². The summed E-state index contributed by atoms with van der Waals surface area (Å²) in [4.78, 5) is 12.1. The van der Waals surface area contributed by atoms with E-state index in [9.17, 15) is 4.79 Å². The molecule has 1 atom stereocenters. The number of benzene rings is 2. The quantitative estimate of drug-likeness (QED) is 0.728. The Bertz CT molecular complexity index is 678. The predicted molar refractivity (Wildman–Crippen MR) is 102 cm³/mol. The molecule has 0 saturated carbocycles. The molecule has 2 aromatic rings. The zero-order chi connectivity index (χ0) is 17.4. The highest BCUT2D eigenvalue weighted by Crippen LogP contribution is 2.23. The Balaban J connectivity index is 1.81. The monoisotopic (exact) mass is 363 g/mol. The predicted octanol–water partition coefficient (Wildman–Crippen LogP) is 4.85. The molecule has 0 unspecified atom stereocenters. The number of carbonyl (C=O) groups is 1. The molecule has 0 spiro atoms. The van der Waals surface area contributed by atoms with Gasteiger partial charge in [0.25, 0.3) is 0 Å². The Morgan fingerprint density at radius 2 is 2.04 bits per heavy atom. The van der Waals surface area contributed by atoms with Gasteiger partial charge in [-0.1, -0.05) is 41.9 Å². The zero-order valence-corrected chi connectivity index (χ0v) is 15.5. The van der Waals surface area contributed by atoms with Gasteiger partial charge in [0.05, 0.1) is 18.4 Å². The Kier molecular flexibility index (Phi) is 7.47. The molecule has 1 N–H and O–H groups in total. The molecule has 24 heavy (non-hydrogen) atoms. The standard InChI is InChI=1S/C19H22ClNO2S/c1-3-23-18-10-5-4-7-16(18)12-24-13-19(22)21-14(2)15-8-6-9-17(20)11-15/h4-11,14H,3,12-13H2,1-2H3,(H,21,22)/t14-/m1/s1. The lowest BCUT2D eigenvalue weighted by atomic mass is 10.1. The van der Waals surface area contributed by atoms with Gasteiger partial charge in [0.1, 0.15) is 5.75 Å². The summed E-state index contributed by atoms with van der Waals surface area (Å²) in [6, 6.07) is 15.4. The molecule has 0 bridgehead atoms. The maximum Gasteiger partial charge on any atom is 0.230 e. The summed E-state index contributed by atoms with van der Waals surface area (Å²) in [5, 5.41) is 3.68. The molecule has 0 radical (unpaired) electrons. The molecule has 2 rings (SSSR count). The minimum absolute atomic E-state index is 0.0152. The van der Waals surface area contributed by atoms with Gasteiger partial charge in [0.15, 0.2) is 0 Å². The molecular formula is C19H22ClNO2S. The van der Waals surface area contributed by atoms with Crippen LogP contribution in [0.4, 0.5) is 0 Å². The number of carbonyl (C=O) groups excluding carboxylic acids is 1. The van der Waals surface area contributed by atoms with Gasteiger partial charge in [0, 0.05) is 16.3 Å². The highest BCUT2D eigenvalue weighted by Gasteiger charge is 2.10. The molecule has 2 aromatic carbocycles. The maximum atomic E-state index is 12.1. The van der Waals surface area contributed by atoms with Crippen molar-refractivity contribution in [1.29, 1.82) is 0 Å². The highest BCUT2D eigenvalue weighted by atomic mass is 35.5. The second-order valence-electron chi connectivity index (χ2n) is 5.38. The average Bonchev–Trinajstić information content (AvgIpc) is 2.56. The number of para-hydroxylation sites is 1. The smallest absolute Gasteiger partial charge is 0.230 e. The Hall–Kier alpha value is -1.65. The summed E-state index contributed by atoms with van der Waals surface area (Å²) >= 11 is 7.57. The number of thioether (sulfide) groups is 1. The summed E-state index contributed by atoms with van der Waals surface area (Å²) in [6.07, 6.45) is 0. The minimum Gasteiger partial charge on any atom is -0.494 e. The third-order valence-corrected chi connectivity index (χ3v) is 4.71. The zero-order valence-electron chi connectivity index (χ0n) is 13.9. The van der Waals surface area contributed by atoms with Crippen molar-refractivity contribution in [3.63, 3.8) is 0 Å². The van der Waals surface area contributed by atoms with Gasteiger partial charge in [-0.05, 0) is 37.6 Å². The van der Waals surface area contributed by atoms with E-state index in [1.54, 1.807) is 11.8 Å². The van der Waals surface area contributed by atoms with Crippen LogP contribution in [0.25, 0.3) is 0 Å². The second kappa shape index (κ2) is 9.60. The first kappa shape index (κ1) is 18.7. The summed E-state index contributed by atoms with van der Waals surface area (Å²) < 4.78 is 5.60. The molecular weight excluding hydrogens is 342 g/mol. The minimum atomic E-state index is -0.0625. The van der Waals surface area contributed by atoms with Crippen molar-refractivity contribution in [2.75, 3.05) is 12.4 Å². The number of amides is 1. The topological polar surface area (TPSA) is 38.3 Å². The molecule has 3 nitrogen and oxygen atoms in total. The van der Waals surface area contributed by atoms with Crippen LogP contribution in [-0.2, 0) is 10.5 Å². The number of halogens is 1. The fourth-order valence-electron chi connectivity index (χ4n) is 2.32. The molecule has 0 saturated heterocycles. The number of hydrogen-bond acceptors (Lipinski definition) is 3. The Labute approximate surface area is 152 Å². The number of nitrogens with one attached hydrogen (secondary N) is 1. The van der Waals surface area contributed by atoms with Gasteiger partial charge >= 0.3 is 0 Å². The van der Waals surface area contributed by atoms with E-state index in [1.807, 2.05) is 62.4 Å². The van der Waals surface area contributed by atoms with E-state index >= 15 is 0 Å². The molecule has 0 heterocycles. The van der Waals surface area contributed by atoms with E-state index in [-0.39, 0.29) is 11.9 Å². The molecule has 0 aliphatic heterocycles. The summed E-state index contributed by atoms with van der Waals surface area (Å²) in [6.45, 7) is 4.56. The molecule has 128 valence electrons. The molecule has 0 fully saturated rings. The van der Waals surface area contributed by atoms with Crippen LogP contribution in [0.15, 0.2) is 48.5 Å². The summed E-state index contributed by atoms with van der Waals surface area (Å²) in [7, 11) is 0. The van der Waals surface area contributed by atoms with Crippen molar-refractivity contribution in [3.05, 3.63) is 64.7 Å². The van der Waals surface area contributed by atoms with Crippen molar-refractivity contribution >= 4 is 29.3 Å². The van der Waals surface area contributed by atoms with Crippen LogP contribution >= 0.6 is 23.4 Å². The summed E-state index contributed by atoms with van der Waals surface area (Å²) in [5.41, 5.74) is 2.11. The number of hydrogen-bond donors (Lipinski definition) is 1. The van der Waals surface area contributed by atoms with Crippen LogP contribution in [0.5, 0.6) is 5.75 Å². The van der Waals surface area contributed by atoms with Crippen molar-refractivity contribution < 1.29 is 9.53 Å². The van der Waals surface area contributed by atoms with E-state index < -0.39 is 0 Å². The summed E-state index contributed by atoms with van der Waals surface area (Å²) in [5.74, 6) is 2.06. The van der Waals surface area contributed by atoms with Gasteiger partial charge in [-0.2, -0.15) is 0 Å². The first-order chi connectivity index (χ1) is 11.6. The maximum absolute atomic E-state index is 12.1. The van der Waals surface area contributed by atoms with Crippen molar-refractivity contribution in [2.45, 2.75) is 25.6 Å². The van der Waals surface area contributed by atoms with Gasteiger partial charge in [-0.25, -0.2) is 0 Å². The molecule has 0 aromatic heterocycles. The number of rotatable bonds is 8. The molecule has 0 aliphatic rings. The molecule has 1 amide bonds. The third kappa shape index (κ3) is 5.77. The SMILES string of the molecule is CCOc1ccccc1CSCC(=O)N[C@H](C)c1cccc(Cl)c1. The third-order valence-electron chi connectivity index (χ3n) is 3.49. The highest BCUT2D eigenvalue weighted by molar-refractivity contribution is 7.99. The average molecular weight is 364 g/mol. The van der Waals surface area contributed by atoms with E-state index in [0.29, 0.717) is 17.4 Å². The van der Waals surface area contributed by atoms with Crippen LogP contribution in [0, 0.1) is 0 Å². The van der Waals surface area contributed by atoms with E-state index in [4.69, 9.17) is 16.3 Å². The fraction of sp³-hybridized carbons (Fsp3) is 0.316. The first-order valence-electron chi connectivity index (χ1n) is 7.93. The Morgan fingerprint density at radius 3 is 2.79 bits per heavy atom. The lowest BCUT2D eigenvalue weighted by Gasteiger charge is -2.15. The van der Waals surface area contributed by atoms with Crippen LogP contribution in [0.1, 0.15) is 31.0 Å². The van der Waals surface area contributed by atoms with E-state index in [2.05, 4.69) is 5.32 Å². The molecule has 0 aliphatic carbocycles. The van der Waals surface area contributed by atoms with Crippen LogP contribution in [0.3, 0.4) is 0 Å². The van der Waals surface area contributed by atoms with Gasteiger partial charge < -0.3 is 10.1 Å². The lowest BCUT2D eigenvalue weighted by molar-refractivity contribution is -0.119. The van der Waals surface area contributed by atoms with E-state index in [0.717, 1.165) is 22.6 Å². The van der Waals surface area contributed by atoms with Gasteiger partial charge in [-0.3, -0.25) is 4.79 Å². The van der Waals surface area contributed by atoms with Gasteiger partial charge in [-0.15, -0.1) is 11.8 Å². The first-order valence-corrected chi connectivity index (χ1v) is 9.46. The van der Waals surface area contributed by atoms with E-state index in [1.165, 1.54) is 0 Å². The number of ether oxygens (including phenoxy) is 1. The fourth-order valence-corrected chi connectivity index (χ4v) is 3.34. The second-order valence-corrected chi connectivity index (χ2v) is 6.80. The van der Waals surface area contributed by atoms with Crippen molar-refractivity contribution in [1.82, 2.24) is 5.32 Å². The Morgan fingerprint density at radius 1 is 1.25 bits per heavy atom. The van der Waals surface area contributed by atoms with Crippen molar-refractivity contribution in [3.8, 4) is 5.75 Å².